The molecule has 164 valence electrons. The van der Waals surface area contributed by atoms with E-state index in [4.69, 9.17) is 9.47 Å². The summed E-state index contributed by atoms with van der Waals surface area (Å²) in [5, 5.41) is 12.7. The molecule has 0 spiro atoms. The lowest BCUT2D eigenvalue weighted by Crippen LogP contribution is -2.48. The van der Waals surface area contributed by atoms with Gasteiger partial charge < -0.3 is 14.4 Å². The molecule has 2 heterocycles. The van der Waals surface area contributed by atoms with Gasteiger partial charge in [0.15, 0.2) is 5.82 Å². The minimum atomic E-state index is 0.200. The van der Waals surface area contributed by atoms with E-state index in [9.17, 15) is 0 Å². The zero-order valence-electron chi connectivity index (χ0n) is 18.4. The van der Waals surface area contributed by atoms with Crippen LogP contribution in [0, 0.1) is 0 Å². The van der Waals surface area contributed by atoms with Crippen LogP contribution in [0.15, 0.2) is 48.5 Å². The molecular formula is C23H30N6O2. The molecule has 8 nitrogen and oxygen atoms in total. The van der Waals surface area contributed by atoms with Gasteiger partial charge in [-0.25, -0.2) is 4.68 Å². The van der Waals surface area contributed by atoms with Crippen molar-refractivity contribution in [3.63, 3.8) is 0 Å². The van der Waals surface area contributed by atoms with Crippen LogP contribution in [0.4, 0.5) is 5.69 Å². The van der Waals surface area contributed by atoms with Crippen molar-refractivity contribution in [1.82, 2.24) is 25.1 Å². The summed E-state index contributed by atoms with van der Waals surface area (Å²) in [4.78, 5) is 4.92. The van der Waals surface area contributed by atoms with Gasteiger partial charge in [0.05, 0.1) is 26.8 Å². The van der Waals surface area contributed by atoms with Crippen LogP contribution < -0.4 is 14.4 Å². The molecule has 1 fully saturated rings. The number of hydrogen-bond acceptors (Lipinski definition) is 7. The molecule has 31 heavy (non-hydrogen) atoms. The Morgan fingerprint density at radius 2 is 1.48 bits per heavy atom. The minimum Gasteiger partial charge on any atom is -0.497 e. The Labute approximate surface area is 183 Å². The highest BCUT2D eigenvalue weighted by atomic mass is 16.5. The molecule has 8 heteroatoms. The Morgan fingerprint density at radius 3 is 2.06 bits per heavy atom. The minimum absolute atomic E-state index is 0.200. The third kappa shape index (κ3) is 4.80. The molecule has 1 aliphatic heterocycles. The van der Waals surface area contributed by atoms with Gasteiger partial charge in [0.2, 0.25) is 0 Å². The van der Waals surface area contributed by atoms with Gasteiger partial charge in [-0.3, -0.25) is 4.90 Å². The molecule has 1 atom stereocenters. The van der Waals surface area contributed by atoms with Crippen LogP contribution in [0.25, 0.3) is 0 Å². The van der Waals surface area contributed by atoms with E-state index >= 15 is 0 Å². The molecule has 0 aliphatic carbocycles. The van der Waals surface area contributed by atoms with Crippen LogP contribution in [-0.4, -0.2) is 65.5 Å². The maximum Gasteiger partial charge on any atom is 0.168 e. The number of benzene rings is 2. The fraction of sp³-hybridized carbons (Fsp3) is 0.435. The van der Waals surface area contributed by atoms with Gasteiger partial charge in [-0.15, -0.1) is 5.10 Å². The molecule has 2 aromatic carbocycles. The number of rotatable bonds is 8. The Morgan fingerprint density at radius 1 is 0.871 bits per heavy atom. The Balaban J connectivity index is 1.42. The average molecular weight is 423 g/mol. The quantitative estimate of drug-likeness (QED) is 0.553. The molecule has 0 N–H and O–H groups in total. The lowest BCUT2D eigenvalue weighted by atomic mass is 10.1. The monoisotopic (exact) mass is 422 g/mol. The molecular weight excluding hydrogens is 392 g/mol. The Bertz CT molecular complexity index is 949. The maximum atomic E-state index is 5.27. The Kier molecular flexibility index (Phi) is 6.66. The normalized spacial score (nSPS) is 15.6. The second-order valence-corrected chi connectivity index (χ2v) is 7.69. The highest BCUT2D eigenvalue weighted by molar-refractivity contribution is 5.49. The smallest absolute Gasteiger partial charge is 0.168 e. The van der Waals surface area contributed by atoms with E-state index < -0.39 is 0 Å². The van der Waals surface area contributed by atoms with Gasteiger partial charge >= 0.3 is 0 Å². The molecule has 1 unspecified atom stereocenters. The molecule has 0 saturated carbocycles. The number of methoxy groups -OCH3 is 2. The van der Waals surface area contributed by atoms with Crippen LogP contribution in [-0.2, 0) is 6.54 Å². The first kappa shape index (κ1) is 21.1. The van der Waals surface area contributed by atoms with Crippen LogP contribution in [0.3, 0.4) is 0 Å². The highest BCUT2D eigenvalue weighted by Crippen LogP contribution is 2.26. The lowest BCUT2D eigenvalue weighted by Gasteiger charge is -2.39. The van der Waals surface area contributed by atoms with Crippen molar-refractivity contribution in [2.24, 2.45) is 0 Å². The summed E-state index contributed by atoms with van der Waals surface area (Å²) in [6, 6.07) is 16.5. The second-order valence-electron chi connectivity index (χ2n) is 7.69. The van der Waals surface area contributed by atoms with E-state index in [0.29, 0.717) is 6.54 Å². The number of tetrazole rings is 1. The summed E-state index contributed by atoms with van der Waals surface area (Å²) in [5.41, 5.74) is 2.38. The fourth-order valence-corrected chi connectivity index (χ4v) is 4.16. The van der Waals surface area contributed by atoms with Crippen molar-refractivity contribution < 1.29 is 9.47 Å². The third-order valence-electron chi connectivity index (χ3n) is 5.93. The van der Waals surface area contributed by atoms with Crippen molar-refractivity contribution in [3.05, 3.63) is 59.9 Å². The summed E-state index contributed by atoms with van der Waals surface area (Å²) < 4.78 is 12.4. The molecule has 0 radical (unpaired) electrons. The van der Waals surface area contributed by atoms with Crippen LogP contribution in [0.2, 0.25) is 0 Å². The first-order chi connectivity index (χ1) is 15.2. The van der Waals surface area contributed by atoms with Crippen molar-refractivity contribution >= 4 is 5.69 Å². The van der Waals surface area contributed by atoms with Gasteiger partial charge in [-0.2, -0.15) is 0 Å². The van der Waals surface area contributed by atoms with E-state index in [1.54, 1.807) is 14.2 Å². The van der Waals surface area contributed by atoms with Crippen LogP contribution in [0.1, 0.15) is 30.8 Å². The van der Waals surface area contributed by atoms with Crippen molar-refractivity contribution in [2.45, 2.75) is 25.9 Å². The molecule has 3 aromatic rings. The second kappa shape index (κ2) is 9.78. The first-order valence-corrected chi connectivity index (χ1v) is 10.7. The molecule has 0 bridgehead atoms. The van der Waals surface area contributed by atoms with Crippen LogP contribution >= 0.6 is 0 Å². The van der Waals surface area contributed by atoms with Gasteiger partial charge in [0.25, 0.3) is 0 Å². The van der Waals surface area contributed by atoms with E-state index in [1.807, 2.05) is 28.9 Å². The number of ether oxygens (including phenoxy) is 2. The van der Waals surface area contributed by atoms with E-state index in [0.717, 1.165) is 55.5 Å². The predicted octanol–water partition coefficient (Wildman–Crippen LogP) is 3.01. The third-order valence-corrected chi connectivity index (χ3v) is 5.93. The summed E-state index contributed by atoms with van der Waals surface area (Å²) in [5.74, 6) is 2.66. The Hall–Kier alpha value is -3.13. The number of hydrogen-bond donors (Lipinski definition) is 0. The van der Waals surface area contributed by atoms with E-state index in [2.05, 4.69) is 56.5 Å². The molecule has 1 aromatic heterocycles. The zero-order valence-corrected chi connectivity index (χ0v) is 18.4. The van der Waals surface area contributed by atoms with Crippen molar-refractivity contribution in [2.75, 3.05) is 45.3 Å². The number of nitrogens with zero attached hydrogens (tertiary/aromatic N) is 6. The molecule has 1 saturated heterocycles. The number of anilines is 1. The summed E-state index contributed by atoms with van der Waals surface area (Å²) in [6.07, 6.45) is 0.964. The standard InChI is InChI=1S/C23H30N6O2/c1-4-22(23-24-25-26-29(23)17-18-5-9-20(30-2)10-6-18)28-15-13-27(14-16-28)19-7-11-21(31-3)12-8-19/h5-12,22H,4,13-17H2,1-3H3. The predicted molar refractivity (Wildman–Crippen MR) is 120 cm³/mol. The van der Waals surface area contributed by atoms with Gasteiger partial charge in [-0.1, -0.05) is 19.1 Å². The van der Waals surface area contributed by atoms with Gasteiger partial charge in [-0.05, 0) is 58.8 Å². The summed E-state index contributed by atoms with van der Waals surface area (Å²) in [6.45, 7) is 6.74. The highest BCUT2D eigenvalue weighted by Gasteiger charge is 2.28. The first-order valence-electron chi connectivity index (χ1n) is 10.7. The van der Waals surface area contributed by atoms with E-state index in [1.165, 1.54) is 5.69 Å². The van der Waals surface area contributed by atoms with Crippen LogP contribution in [0.5, 0.6) is 11.5 Å². The summed E-state index contributed by atoms with van der Waals surface area (Å²) >= 11 is 0. The maximum absolute atomic E-state index is 5.27. The summed E-state index contributed by atoms with van der Waals surface area (Å²) in [7, 11) is 3.37. The molecule has 1 aliphatic rings. The number of piperazine rings is 1. The van der Waals surface area contributed by atoms with E-state index in [-0.39, 0.29) is 6.04 Å². The largest absolute Gasteiger partial charge is 0.497 e. The van der Waals surface area contributed by atoms with Gasteiger partial charge in [0, 0.05) is 31.9 Å². The lowest BCUT2D eigenvalue weighted by molar-refractivity contribution is 0.169. The molecule has 4 rings (SSSR count). The molecule has 0 amide bonds. The SMILES string of the molecule is CCC(c1nnnn1Cc1ccc(OC)cc1)N1CCN(c2ccc(OC)cc2)CC1. The van der Waals surface area contributed by atoms with Crippen molar-refractivity contribution in [3.8, 4) is 11.5 Å². The van der Waals surface area contributed by atoms with Gasteiger partial charge in [0.1, 0.15) is 11.5 Å². The number of aromatic nitrogens is 4. The van der Waals surface area contributed by atoms with Crippen molar-refractivity contribution in [1.29, 1.82) is 0 Å². The topological polar surface area (TPSA) is 68.5 Å². The zero-order chi connectivity index (χ0) is 21.6. The average Bonchev–Trinajstić information content (AvgIpc) is 3.28. The fourth-order valence-electron chi connectivity index (χ4n) is 4.16.